The second kappa shape index (κ2) is 4.34. The van der Waals surface area contributed by atoms with Crippen molar-refractivity contribution in [2.45, 2.75) is 26.2 Å². The summed E-state index contributed by atoms with van der Waals surface area (Å²) < 4.78 is 0. The van der Waals surface area contributed by atoms with Crippen molar-refractivity contribution in [2.24, 2.45) is 0 Å². The van der Waals surface area contributed by atoms with E-state index in [1.807, 2.05) is 0 Å². The van der Waals surface area contributed by atoms with Crippen LogP contribution in [0.2, 0.25) is 0 Å². The Kier molecular flexibility index (Phi) is 3.37. The van der Waals surface area contributed by atoms with Crippen molar-refractivity contribution in [3.63, 3.8) is 0 Å². The van der Waals surface area contributed by atoms with Gasteiger partial charge in [-0.2, -0.15) is 0 Å². The van der Waals surface area contributed by atoms with Crippen LogP contribution in [0.3, 0.4) is 0 Å². The molecule has 57 valence electrons. The van der Waals surface area contributed by atoms with Crippen molar-refractivity contribution in [1.29, 1.82) is 0 Å². The van der Waals surface area contributed by atoms with Crippen molar-refractivity contribution >= 4 is 15.4 Å². The fourth-order valence-electron chi connectivity index (χ4n) is 1.05. The lowest BCUT2D eigenvalue weighted by molar-refractivity contribution is 0.795. The third-order valence-corrected chi connectivity index (χ3v) is 2.11. The van der Waals surface area contributed by atoms with Gasteiger partial charge in [-0.05, 0) is 18.4 Å². The zero-order chi connectivity index (χ0) is 8.10. The van der Waals surface area contributed by atoms with Crippen molar-refractivity contribution in [3.05, 3.63) is 29.8 Å². The molecule has 0 N–H and O–H groups in total. The number of hydrogen-bond acceptors (Lipinski definition) is 0. The van der Waals surface area contributed by atoms with Gasteiger partial charge in [0.25, 0.3) is 0 Å². The molecule has 0 bridgehead atoms. The molecule has 0 aliphatic rings. The van der Waals surface area contributed by atoms with Gasteiger partial charge in [0.05, 0.1) is 10.2 Å². The van der Waals surface area contributed by atoms with Crippen molar-refractivity contribution in [1.82, 2.24) is 0 Å². The minimum atomic E-state index is 1.16. The van der Waals surface area contributed by atoms with Crippen LogP contribution in [0.4, 0.5) is 0 Å². The van der Waals surface area contributed by atoms with Crippen LogP contribution in [0.5, 0.6) is 0 Å². The smallest absolute Gasteiger partial charge is 0.0673 e. The molecule has 1 heteroatoms. The second-order valence-corrected chi connectivity index (χ2v) is 3.38. The Balaban J connectivity index is 2.52. The van der Waals surface area contributed by atoms with Crippen LogP contribution in [0.25, 0.3) is 0 Å². The van der Waals surface area contributed by atoms with Gasteiger partial charge in [0, 0.05) is 0 Å². The van der Waals surface area contributed by atoms with Crippen molar-refractivity contribution < 1.29 is 0 Å². The summed E-state index contributed by atoms with van der Waals surface area (Å²) in [5, 5.41) is 1.16. The van der Waals surface area contributed by atoms with Crippen LogP contribution in [-0.4, -0.2) is 10.2 Å². The van der Waals surface area contributed by atoms with Crippen LogP contribution in [0.1, 0.15) is 25.3 Å². The van der Waals surface area contributed by atoms with E-state index in [-0.39, 0.29) is 0 Å². The van der Waals surface area contributed by atoms with Gasteiger partial charge in [-0.15, -0.1) is 0 Å². The zero-order valence-corrected chi connectivity index (χ0v) is 7.93. The van der Waals surface area contributed by atoms with Gasteiger partial charge in [0.1, 0.15) is 0 Å². The summed E-state index contributed by atoms with van der Waals surface area (Å²) in [5.41, 5.74) is 1.44. The fourth-order valence-corrected chi connectivity index (χ4v) is 1.22. The largest absolute Gasteiger partial charge is 0.0711 e. The topological polar surface area (TPSA) is 0 Å². The van der Waals surface area contributed by atoms with Crippen LogP contribution >= 0.6 is 0 Å². The molecule has 1 aromatic rings. The molecule has 0 heterocycles. The van der Waals surface area contributed by atoms with Crippen LogP contribution in [0, 0.1) is 0 Å². The summed E-state index contributed by atoms with van der Waals surface area (Å²) in [6.45, 7) is 2.22. The third-order valence-electron chi connectivity index (χ3n) is 1.77. The maximum absolute atomic E-state index is 3.46. The molecule has 0 saturated carbocycles. The first kappa shape index (κ1) is 8.53. The highest BCUT2D eigenvalue weighted by Crippen LogP contribution is 2.02. The number of benzene rings is 1. The van der Waals surface area contributed by atoms with Gasteiger partial charge < -0.3 is 0 Å². The van der Waals surface area contributed by atoms with Gasteiger partial charge >= 0.3 is 0 Å². The van der Waals surface area contributed by atoms with E-state index in [0.717, 1.165) is 5.19 Å². The SMILES string of the molecule is CCCCc1ccc([Si])cc1. The molecule has 0 spiro atoms. The summed E-state index contributed by atoms with van der Waals surface area (Å²) >= 11 is 0. The molecule has 0 fully saturated rings. The standard InChI is InChI=1S/C10H13Si/c1-2-3-4-9-5-7-10(11)8-6-9/h5-8H,2-4H2,1H3. The highest BCUT2D eigenvalue weighted by Gasteiger charge is 1.90. The molecule has 1 rings (SSSR count). The molecule has 0 nitrogen and oxygen atoms in total. The number of unbranched alkanes of at least 4 members (excludes halogenated alkanes) is 1. The van der Waals surface area contributed by atoms with E-state index in [1.54, 1.807) is 0 Å². The number of hydrogen-bond donors (Lipinski definition) is 0. The highest BCUT2D eigenvalue weighted by atomic mass is 28.1. The van der Waals surface area contributed by atoms with E-state index in [1.165, 1.54) is 24.8 Å². The monoisotopic (exact) mass is 161 g/mol. The first-order valence-corrected chi connectivity index (χ1v) is 4.63. The normalized spacial score (nSPS) is 10.0. The van der Waals surface area contributed by atoms with Gasteiger partial charge in [-0.3, -0.25) is 0 Å². The molecule has 0 saturated heterocycles. The lowest BCUT2D eigenvalue weighted by atomic mass is 10.1. The molecule has 0 amide bonds. The van der Waals surface area contributed by atoms with Crippen molar-refractivity contribution in [3.8, 4) is 0 Å². The minimum absolute atomic E-state index is 1.16. The predicted molar refractivity (Wildman–Crippen MR) is 50.4 cm³/mol. The van der Waals surface area contributed by atoms with Crippen LogP contribution in [-0.2, 0) is 6.42 Å². The Bertz CT molecular complexity index is 201. The summed E-state index contributed by atoms with van der Waals surface area (Å²) in [6, 6.07) is 8.56. The quantitative estimate of drug-likeness (QED) is 0.593. The van der Waals surface area contributed by atoms with Crippen LogP contribution in [0.15, 0.2) is 24.3 Å². The van der Waals surface area contributed by atoms with Gasteiger partial charge in [0.15, 0.2) is 0 Å². The summed E-state index contributed by atoms with van der Waals surface area (Å²) in [6.07, 6.45) is 3.78. The molecule has 0 aliphatic heterocycles. The fraction of sp³-hybridized carbons (Fsp3) is 0.400. The Hall–Kier alpha value is -0.563. The molecule has 0 aromatic heterocycles. The average molecular weight is 161 g/mol. The van der Waals surface area contributed by atoms with E-state index >= 15 is 0 Å². The lowest BCUT2D eigenvalue weighted by Gasteiger charge is -1.98. The maximum atomic E-state index is 3.46. The first-order valence-electron chi connectivity index (χ1n) is 4.13. The molecular formula is C10H13Si. The molecule has 0 atom stereocenters. The zero-order valence-electron chi connectivity index (χ0n) is 6.93. The third kappa shape index (κ3) is 2.89. The molecule has 0 aliphatic carbocycles. The van der Waals surface area contributed by atoms with Gasteiger partial charge in [0.2, 0.25) is 0 Å². The van der Waals surface area contributed by atoms with E-state index in [9.17, 15) is 0 Å². The molecule has 3 radical (unpaired) electrons. The molecule has 0 unspecified atom stereocenters. The second-order valence-electron chi connectivity index (χ2n) is 2.80. The van der Waals surface area contributed by atoms with E-state index in [0.29, 0.717) is 0 Å². The molecule has 1 aromatic carbocycles. The predicted octanol–water partition coefficient (Wildman–Crippen LogP) is 1.82. The Morgan fingerprint density at radius 3 is 2.36 bits per heavy atom. The lowest BCUT2D eigenvalue weighted by Crippen LogP contribution is -2.00. The maximum Gasteiger partial charge on any atom is 0.0711 e. The van der Waals surface area contributed by atoms with E-state index in [4.69, 9.17) is 0 Å². The van der Waals surface area contributed by atoms with Gasteiger partial charge in [-0.25, -0.2) is 0 Å². The number of rotatable bonds is 3. The summed E-state index contributed by atoms with van der Waals surface area (Å²) in [7, 11) is 3.46. The molecule has 11 heavy (non-hydrogen) atoms. The van der Waals surface area contributed by atoms with Crippen molar-refractivity contribution in [2.75, 3.05) is 0 Å². The minimum Gasteiger partial charge on any atom is -0.0673 e. The summed E-state index contributed by atoms with van der Waals surface area (Å²) in [4.78, 5) is 0. The summed E-state index contributed by atoms with van der Waals surface area (Å²) in [5.74, 6) is 0. The average Bonchev–Trinajstić information content (AvgIpc) is 2.04. The van der Waals surface area contributed by atoms with Crippen LogP contribution < -0.4 is 5.19 Å². The number of aryl methyl sites for hydroxylation is 1. The highest BCUT2D eigenvalue weighted by molar-refractivity contribution is 6.32. The Morgan fingerprint density at radius 1 is 1.18 bits per heavy atom. The Morgan fingerprint density at radius 2 is 1.82 bits per heavy atom. The molecular weight excluding hydrogens is 148 g/mol. The Labute approximate surface area is 72.1 Å². The van der Waals surface area contributed by atoms with E-state index in [2.05, 4.69) is 41.4 Å². The van der Waals surface area contributed by atoms with Gasteiger partial charge in [-0.1, -0.05) is 42.8 Å². The van der Waals surface area contributed by atoms with E-state index < -0.39 is 0 Å². The first-order chi connectivity index (χ1) is 5.33.